The summed E-state index contributed by atoms with van der Waals surface area (Å²) < 4.78 is 41.5. The molecule has 1 aliphatic heterocycles. The van der Waals surface area contributed by atoms with Crippen molar-refractivity contribution < 1.29 is 27.9 Å². The van der Waals surface area contributed by atoms with Crippen LogP contribution in [0.3, 0.4) is 0 Å². The minimum Gasteiger partial charge on any atom is -0.478 e. The van der Waals surface area contributed by atoms with E-state index in [2.05, 4.69) is 5.32 Å². The lowest BCUT2D eigenvalue weighted by molar-refractivity contribution is -0.140. The summed E-state index contributed by atoms with van der Waals surface area (Å²) in [5, 5.41) is 13.0. The molecule has 0 bridgehead atoms. The van der Waals surface area contributed by atoms with Crippen LogP contribution in [0.25, 0.3) is 0 Å². The second kappa shape index (κ2) is 11.4. The van der Waals surface area contributed by atoms with Crippen molar-refractivity contribution in [1.29, 1.82) is 0 Å². The largest absolute Gasteiger partial charge is 0.478 e. The number of carbonyl (C=O) groups is 2. The van der Waals surface area contributed by atoms with Crippen molar-refractivity contribution in [3.8, 4) is 0 Å². The Morgan fingerprint density at radius 3 is 2.34 bits per heavy atom. The number of fused-ring (bicyclic) bond motifs is 1. The minimum atomic E-state index is -4.46. The predicted octanol–water partition coefficient (Wildman–Crippen LogP) is 5.20. The number of carboxylic acid groups (broad SMARTS) is 1. The maximum atomic E-state index is 13.6. The van der Waals surface area contributed by atoms with Crippen LogP contribution in [0.2, 0.25) is 0 Å². The highest BCUT2D eigenvalue weighted by Crippen LogP contribution is 2.36. The number of nitrogens with zero attached hydrogens (tertiary/aromatic N) is 5. The Balaban J connectivity index is 1.61. The molecule has 1 unspecified atom stereocenters. The molecule has 2 atom stereocenters. The number of hydrogen-bond donors (Lipinski definition) is 2. The number of rotatable bonds is 7. The number of alkyl halides is 3. The van der Waals surface area contributed by atoms with Crippen molar-refractivity contribution in [3.63, 3.8) is 0 Å². The van der Waals surface area contributed by atoms with Crippen molar-refractivity contribution in [2.45, 2.75) is 83.2 Å². The lowest BCUT2D eigenvalue weighted by atomic mass is 9.80. The van der Waals surface area contributed by atoms with Gasteiger partial charge in [-0.25, -0.2) is 4.79 Å². The van der Waals surface area contributed by atoms with E-state index in [1.54, 1.807) is 23.6 Å². The van der Waals surface area contributed by atoms with Crippen LogP contribution in [-0.4, -0.2) is 63.6 Å². The second-order valence-corrected chi connectivity index (χ2v) is 11.5. The quantitative estimate of drug-likeness (QED) is 0.472. The van der Waals surface area contributed by atoms with Gasteiger partial charge in [0.05, 0.1) is 18.2 Å². The normalized spacial score (nSPS) is 21.7. The van der Waals surface area contributed by atoms with Gasteiger partial charge in [-0.15, -0.1) is 0 Å². The summed E-state index contributed by atoms with van der Waals surface area (Å²) >= 11 is 0. The molecular formula is C29H37F3N6O3. The number of carboxylic acids is 1. The van der Waals surface area contributed by atoms with Gasteiger partial charge in [0, 0.05) is 20.0 Å². The number of amidine groups is 1. The molecule has 1 amide bonds. The van der Waals surface area contributed by atoms with Crippen LogP contribution >= 0.6 is 0 Å². The number of carbonyl (C=O) groups excluding carboxylic acids is 1. The number of nitrogens with one attached hydrogen (secondary N) is 1. The molecule has 1 aromatic heterocycles. The molecule has 0 saturated heterocycles. The van der Waals surface area contributed by atoms with Gasteiger partial charge >= 0.3 is 12.1 Å². The third-order valence-corrected chi connectivity index (χ3v) is 8.75. The number of likely N-dealkylation sites (N-methyl/N-ethyl adjacent to an activating group) is 1. The molecule has 0 radical (unpaired) electrons. The third kappa shape index (κ3) is 5.78. The fourth-order valence-corrected chi connectivity index (χ4v) is 5.99. The standard InChI is InChI=1S/C29H37F3N6O3/c1-17(19-10-7-11-19)33-24-22-23(34-25(27(40)41)36(24)2)35-28(37(3)26(39)20-8-5-4-6-9-20)38(22)16-18-12-14-21(15-13-18)29(30,31)32/h12-15,17,19-20,25,34H,4-11,16H2,1-3H3,(H,40,41)/t17?,25-/m0/s1. The van der Waals surface area contributed by atoms with Gasteiger partial charge in [0.2, 0.25) is 18.0 Å². The number of anilines is 2. The fraction of sp³-hybridized carbons (Fsp3) is 0.586. The van der Waals surface area contributed by atoms with Crippen molar-refractivity contribution in [2.24, 2.45) is 16.8 Å². The number of hydrogen-bond acceptors (Lipinski definition) is 5. The maximum Gasteiger partial charge on any atom is 0.416 e. The highest BCUT2D eigenvalue weighted by molar-refractivity contribution is 6.07. The third-order valence-electron chi connectivity index (χ3n) is 8.75. The molecule has 1 aromatic carbocycles. The SMILES string of the molecule is CC(N=C1c2c(nc(N(C)C(=O)C3CCCCC3)n2Cc2ccc(C(F)(F)F)cc2)N[C@H](C(=O)O)N1C)C1CCC1. The molecule has 2 fully saturated rings. The number of aromatic nitrogens is 2. The van der Waals surface area contributed by atoms with E-state index in [4.69, 9.17) is 9.98 Å². The van der Waals surface area contributed by atoms with Gasteiger partial charge < -0.3 is 19.9 Å². The fourth-order valence-electron chi connectivity index (χ4n) is 5.99. The minimum absolute atomic E-state index is 0.0685. The number of amides is 1. The van der Waals surface area contributed by atoms with Crippen LogP contribution in [0.15, 0.2) is 29.3 Å². The van der Waals surface area contributed by atoms with E-state index in [-0.39, 0.29) is 30.2 Å². The number of benzene rings is 1. The average Bonchev–Trinajstić information content (AvgIpc) is 3.26. The Morgan fingerprint density at radius 1 is 1.12 bits per heavy atom. The van der Waals surface area contributed by atoms with Crippen molar-refractivity contribution in [2.75, 3.05) is 24.3 Å². The first kappa shape index (κ1) is 28.9. The van der Waals surface area contributed by atoms with Crippen LogP contribution < -0.4 is 10.2 Å². The Labute approximate surface area is 237 Å². The first-order chi connectivity index (χ1) is 19.5. The van der Waals surface area contributed by atoms with Gasteiger partial charge in [-0.3, -0.25) is 14.7 Å². The summed E-state index contributed by atoms with van der Waals surface area (Å²) in [5.41, 5.74) is 0.336. The highest BCUT2D eigenvalue weighted by atomic mass is 19.4. The van der Waals surface area contributed by atoms with Crippen LogP contribution in [-0.2, 0) is 22.3 Å². The number of aliphatic imine (C=N–C) groups is 1. The molecule has 5 rings (SSSR count). The molecule has 2 aromatic rings. The Morgan fingerprint density at radius 2 is 1.78 bits per heavy atom. The lowest BCUT2D eigenvalue weighted by Crippen LogP contribution is -2.52. The number of imidazole rings is 1. The molecule has 2 saturated carbocycles. The van der Waals surface area contributed by atoms with E-state index in [1.807, 2.05) is 6.92 Å². The zero-order valence-electron chi connectivity index (χ0n) is 23.6. The van der Waals surface area contributed by atoms with Gasteiger partial charge in [0.1, 0.15) is 5.69 Å². The van der Waals surface area contributed by atoms with Gasteiger partial charge in [0.25, 0.3) is 0 Å². The average molecular weight is 575 g/mol. The summed E-state index contributed by atoms with van der Waals surface area (Å²) in [6.45, 7) is 2.13. The monoisotopic (exact) mass is 574 g/mol. The highest BCUT2D eigenvalue weighted by Gasteiger charge is 2.40. The summed E-state index contributed by atoms with van der Waals surface area (Å²) in [7, 11) is 3.30. The van der Waals surface area contributed by atoms with Crippen LogP contribution in [0, 0.1) is 11.8 Å². The van der Waals surface area contributed by atoms with Gasteiger partial charge in [-0.2, -0.15) is 18.2 Å². The first-order valence-corrected chi connectivity index (χ1v) is 14.3. The smallest absolute Gasteiger partial charge is 0.416 e. The van der Waals surface area contributed by atoms with E-state index in [0.29, 0.717) is 29.0 Å². The van der Waals surface area contributed by atoms with Crippen molar-refractivity contribution >= 4 is 29.5 Å². The van der Waals surface area contributed by atoms with E-state index >= 15 is 0 Å². The summed E-state index contributed by atoms with van der Waals surface area (Å²) in [6, 6.07) is 4.83. The summed E-state index contributed by atoms with van der Waals surface area (Å²) in [5.74, 6) is 0.0594. The summed E-state index contributed by atoms with van der Waals surface area (Å²) in [6.07, 6.45) is 2.25. The van der Waals surface area contributed by atoms with Crippen LogP contribution in [0.1, 0.15) is 75.1 Å². The molecule has 2 heterocycles. The Bertz CT molecular complexity index is 1310. The number of halogens is 3. The molecular weight excluding hydrogens is 537 g/mol. The molecule has 41 heavy (non-hydrogen) atoms. The Kier molecular flexibility index (Phi) is 8.02. The predicted molar refractivity (Wildman–Crippen MR) is 149 cm³/mol. The second-order valence-electron chi connectivity index (χ2n) is 11.5. The molecule has 222 valence electrons. The molecule has 2 aliphatic carbocycles. The molecule has 9 nitrogen and oxygen atoms in total. The van der Waals surface area contributed by atoms with E-state index < -0.39 is 23.9 Å². The van der Waals surface area contributed by atoms with Crippen LogP contribution in [0.5, 0.6) is 0 Å². The Hall–Kier alpha value is -3.57. The summed E-state index contributed by atoms with van der Waals surface area (Å²) in [4.78, 5) is 38.6. The molecule has 12 heteroatoms. The van der Waals surface area contributed by atoms with Crippen molar-refractivity contribution in [3.05, 3.63) is 41.1 Å². The van der Waals surface area contributed by atoms with E-state index in [9.17, 15) is 27.9 Å². The van der Waals surface area contributed by atoms with Crippen LogP contribution in [0.4, 0.5) is 24.9 Å². The zero-order valence-corrected chi connectivity index (χ0v) is 23.6. The number of aliphatic carboxylic acids is 1. The molecule has 2 N–H and O–H groups in total. The zero-order chi connectivity index (χ0) is 29.5. The maximum absolute atomic E-state index is 13.6. The van der Waals surface area contributed by atoms with E-state index in [0.717, 1.165) is 63.5 Å². The molecule has 3 aliphatic rings. The van der Waals surface area contributed by atoms with Crippen molar-refractivity contribution in [1.82, 2.24) is 14.5 Å². The van der Waals surface area contributed by atoms with Gasteiger partial charge in [-0.1, -0.05) is 37.8 Å². The molecule has 0 spiro atoms. The van der Waals surface area contributed by atoms with Gasteiger partial charge in [0.15, 0.2) is 11.7 Å². The topological polar surface area (TPSA) is 103 Å². The van der Waals surface area contributed by atoms with Gasteiger partial charge in [-0.05, 0) is 56.2 Å². The lowest BCUT2D eigenvalue weighted by Gasteiger charge is -2.36. The first-order valence-electron chi connectivity index (χ1n) is 14.3. The van der Waals surface area contributed by atoms with E-state index in [1.165, 1.54) is 17.0 Å².